The van der Waals surface area contributed by atoms with Crippen LogP contribution in [-0.4, -0.2) is 55.7 Å². The van der Waals surface area contributed by atoms with Crippen molar-refractivity contribution in [1.82, 2.24) is 15.1 Å². The van der Waals surface area contributed by atoms with Gasteiger partial charge in [0.25, 0.3) is 5.91 Å². The molecule has 0 saturated carbocycles. The van der Waals surface area contributed by atoms with Crippen LogP contribution >= 0.6 is 0 Å². The summed E-state index contributed by atoms with van der Waals surface area (Å²) in [5, 5.41) is 11.0. The van der Waals surface area contributed by atoms with E-state index in [1.165, 1.54) is 42.2 Å². The summed E-state index contributed by atoms with van der Waals surface area (Å²) in [6, 6.07) is 18.7. The number of hydrogen-bond acceptors (Lipinski definition) is 4. The van der Waals surface area contributed by atoms with Crippen LogP contribution in [0.15, 0.2) is 91.7 Å². The summed E-state index contributed by atoms with van der Waals surface area (Å²) in [4.78, 5) is 17.1. The van der Waals surface area contributed by atoms with Crippen molar-refractivity contribution < 1.29 is 4.79 Å². The molecule has 252 valence electrons. The number of likely N-dealkylation sites (N-methyl/N-ethyl adjacent to an activating group) is 2. The van der Waals surface area contributed by atoms with Gasteiger partial charge in [0.05, 0.1) is 5.57 Å². The third-order valence-corrected chi connectivity index (χ3v) is 7.43. The molecule has 0 bridgehead atoms. The molecular weight excluding hydrogens is 552 g/mol. The first-order valence-electron chi connectivity index (χ1n) is 16.9. The zero-order valence-corrected chi connectivity index (χ0v) is 30.3. The van der Waals surface area contributed by atoms with Crippen LogP contribution in [0.4, 0.5) is 0 Å². The Hall–Kier alpha value is -3.44. The van der Waals surface area contributed by atoms with E-state index in [-0.39, 0.29) is 11.8 Å². The third kappa shape index (κ3) is 16.4. The van der Waals surface area contributed by atoms with Gasteiger partial charge in [-0.3, -0.25) is 4.79 Å². The molecule has 5 heteroatoms. The molecule has 0 aromatic heterocycles. The zero-order chi connectivity index (χ0) is 34.6. The maximum atomic E-state index is 13.0. The maximum Gasteiger partial charge on any atom is 0.257 e. The number of aryl methyl sites for hydroxylation is 1. The van der Waals surface area contributed by atoms with E-state index in [9.17, 15) is 4.79 Å². The highest BCUT2D eigenvalue weighted by atomic mass is 16.2. The highest BCUT2D eigenvalue weighted by molar-refractivity contribution is 6.12. The number of allylic oxidation sites excluding steroid dienone is 1. The van der Waals surface area contributed by atoms with Gasteiger partial charge in [0.2, 0.25) is 0 Å². The predicted molar refractivity (Wildman–Crippen MR) is 200 cm³/mol. The van der Waals surface area contributed by atoms with Gasteiger partial charge >= 0.3 is 0 Å². The highest BCUT2D eigenvalue weighted by Gasteiger charge is 2.28. The van der Waals surface area contributed by atoms with Crippen molar-refractivity contribution in [2.24, 2.45) is 5.92 Å². The molecule has 1 aliphatic heterocycles. The number of unbranched alkanes of at least 4 members (excludes halogenated alkanes) is 1. The molecule has 2 unspecified atom stereocenters. The smallest absolute Gasteiger partial charge is 0.257 e. The van der Waals surface area contributed by atoms with Crippen molar-refractivity contribution in [1.29, 1.82) is 5.41 Å². The lowest BCUT2D eigenvalue weighted by Gasteiger charge is -2.26. The van der Waals surface area contributed by atoms with Crippen molar-refractivity contribution in [2.75, 3.05) is 33.7 Å². The van der Waals surface area contributed by atoms with Crippen LogP contribution in [0, 0.1) is 11.3 Å². The molecule has 5 nitrogen and oxygen atoms in total. The van der Waals surface area contributed by atoms with Gasteiger partial charge in [0, 0.05) is 51.1 Å². The van der Waals surface area contributed by atoms with Gasteiger partial charge in [0.1, 0.15) is 0 Å². The summed E-state index contributed by atoms with van der Waals surface area (Å²) >= 11 is 0. The number of carbonyl (C=O) groups is 1. The lowest BCUT2D eigenvalue weighted by molar-refractivity contribution is -0.126. The molecule has 0 fully saturated rings. The molecule has 3 rings (SSSR count). The SMILES string of the molecule is C=C.C=CC(CNC)c1ccccc1.CCC.CCCC.CCc1ccccc1CN1CCN(C)C(C(C)CC)=C(C=N)C1=O. The largest absolute Gasteiger partial charge is 0.375 e. The Labute approximate surface area is 278 Å². The van der Waals surface area contributed by atoms with Crippen LogP contribution in [0.5, 0.6) is 0 Å². The molecule has 45 heavy (non-hydrogen) atoms. The van der Waals surface area contributed by atoms with Crippen LogP contribution < -0.4 is 5.32 Å². The van der Waals surface area contributed by atoms with Gasteiger partial charge in [0.15, 0.2) is 0 Å². The molecule has 2 aromatic carbocycles. The number of amides is 1. The quantitative estimate of drug-likeness (QED) is 0.195. The number of rotatable bonds is 11. The second-order valence-corrected chi connectivity index (χ2v) is 11.0. The van der Waals surface area contributed by atoms with Gasteiger partial charge in [-0.2, -0.15) is 0 Å². The molecular formula is C40H66N4O. The second-order valence-electron chi connectivity index (χ2n) is 11.0. The normalized spacial score (nSPS) is 13.6. The molecule has 2 atom stereocenters. The molecule has 1 heterocycles. The first-order chi connectivity index (χ1) is 21.7. The second kappa shape index (κ2) is 28.1. The van der Waals surface area contributed by atoms with Crippen molar-refractivity contribution in [3.63, 3.8) is 0 Å². The van der Waals surface area contributed by atoms with Gasteiger partial charge in [-0.05, 0) is 42.5 Å². The van der Waals surface area contributed by atoms with Gasteiger partial charge in [-0.15, -0.1) is 19.7 Å². The number of nitrogens with zero attached hydrogens (tertiary/aromatic N) is 2. The Morgan fingerprint density at radius 2 is 1.44 bits per heavy atom. The van der Waals surface area contributed by atoms with Gasteiger partial charge in [-0.25, -0.2) is 0 Å². The van der Waals surface area contributed by atoms with E-state index in [2.05, 4.69) is 115 Å². The van der Waals surface area contributed by atoms with E-state index in [4.69, 9.17) is 5.41 Å². The van der Waals surface area contributed by atoms with Crippen molar-refractivity contribution in [3.8, 4) is 0 Å². The van der Waals surface area contributed by atoms with Gasteiger partial charge < -0.3 is 20.5 Å². The first kappa shape index (κ1) is 43.7. The summed E-state index contributed by atoms with van der Waals surface area (Å²) in [7, 11) is 3.99. The van der Waals surface area contributed by atoms with E-state index >= 15 is 0 Å². The summed E-state index contributed by atoms with van der Waals surface area (Å²) in [5.74, 6) is 0.685. The third-order valence-electron chi connectivity index (χ3n) is 7.43. The monoisotopic (exact) mass is 619 g/mol. The van der Waals surface area contributed by atoms with Crippen LogP contribution in [0.25, 0.3) is 0 Å². The van der Waals surface area contributed by atoms with Gasteiger partial charge in [-0.1, -0.05) is 128 Å². The summed E-state index contributed by atoms with van der Waals surface area (Å²) < 4.78 is 0. The molecule has 0 saturated heterocycles. The standard InChI is InChI=1S/C20H29N3O.C11H15N.C4H10.C3H8.C2H4/c1-5-15(3)19-18(13-21)20(24)23(12-11-22(19)4)14-17-10-8-7-9-16(17)6-2;1-3-10(9-12-2)11-7-5-4-6-8-11;1-3-4-2;1-3-2;1-2/h7-10,13,15,21H,5-6,11-12,14H2,1-4H3;3-8,10,12H,1,9H2,2H3;3-4H2,1-2H3;3H2,1-2H3;1-2H2. The Balaban J connectivity index is 0. The Morgan fingerprint density at radius 1 is 0.911 bits per heavy atom. The lowest BCUT2D eigenvalue weighted by atomic mass is 9.98. The maximum absolute atomic E-state index is 13.0. The van der Waals surface area contributed by atoms with Crippen molar-refractivity contribution >= 4 is 12.1 Å². The number of hydrogen-bond donors (Lipinski definition) is 2. The molecule has 2 N–H and O–H groups in total. The average Bonchev–Trinajstić information content (AvgIpc) is 3.20. The number of carbonyl (C=O) groups excluding carboxylic acids is 1. The fourth-order valence-electron chi connectivity index (χ4n) is 4.62. The van der Waals surface area contributed by atoms with E-state index in [0.29, 0.717) is 24.6 Å². The minimum absolute atomic E-state index is 0.0180. The van der Waals surface area contributed by atoms with E-state index in [0.717, 1.165) is 31.6 Å². The Kier molecular flexibility index (Phi) is 27.2. The van der Waals surface area contributed by atoms with E-state index < -0.39 is 0 Å². The molecule has 2 aromatic rings. The molecule has 0 radical (unpaired) electrons. The topological polar surface area (TPSA) is 59.4 Å². The molecule has 1 aliphatic rings. The van der Waals surface area contributed by atoms with Crippen LogP contribution in [-0.2, 0) is 17.8 Å². The number of nitrogens with one attached hydrogen (secondary N) is 2. The van der Waals surface area contributed by atoms with E-state index in [1.54, 1.807) is 0 Å². The zero-order valence-electron chi connectivity index (χ0n) is 30.3. The predicted octanol–water partition coefficient (Wildman–Crippen LogP) is 9.67. The highest BCUT2D eigenvalue weighted by Crippen LogP contribution is 2.25. The van der Waals surface area contributed by atoms with Crippen LogP contribution in [0.3, 0.4) is 0 Å². The van der Waals surface area contributed by atoms with Crippen LogP contribution in [0.2, 0.25) is 0 Å². The summed E-state index contributed by atoms with van der Waals surface area (Å²) in [5.41, 5.74) is 5.35. The molecule has 0 aliphatic carbocycles. The average molecular weight is 619 g/mol. The minimum Gasteiger partial charge on any atom is -0.375 e. The van der Waals surface area contributed by atoms with Crippen molar-refractivity contribution in [2.45, 2.75) is 93.0 Å². The fraction of sp³-hybridized carbons (Fsp3) is 0.500. The van der Waals surface area contributed by atoms with E-state index in [1.807, 2.05) is 43.3 Å². The number of benzene rings is 2. The Morgan fingerprint density at radius 3 is 1.89 bits per heavy atom. The van der Waals surface area contributed by atoms with Crippen LogP contribution in [0.1, 0.15) is 96.8 Å². The first-order valence-corrected chi connectivity index (χ1v) is 16.9. The molecule has 0 spiro atoms. The minimum atomic E-state index is -0.0180. The lowest BCUT2D eigenvalue weighted by Crippen LogP contribution is -2.34. The molecule has 1 amide bonds. The fourth-order valence-corrected chi connectivity index (χ4v) is 4.62. The van der Waals surface area contributed by atoms with Crippen molar-refractivity contribution in [3.05, 3.63) is 108 Å². The summed E-state index contributed by atoms with van der Waals surface area (Å²) in [6.07, 6.45) is 9.03. The Bertz CT molecular complexity index is 1080. The summed E-state index contributed by atoms with van der Waals surface area (Å²) in [6.45, 7) is 27.9.